The molecule has 0 atom stereocenters. The maximum atomic E-state index is 12.8. The third-order valence-corrected chi connectivity index (χ3v) is 5.58. The smallest absolute Gasteiger partial charge is 0.340 e. The number of para-hydroxylation sites is 1. The van der Waals surface area contributed by atoms with Gasteiger partial charge < -0.3 is 9.72 Å². The van der Waals surface area contributed by atoms with Gasteiger partial charge in [0.25, 0.3) is 0 Å². The molecule has 0 amide bonds. The van der Waals surface area contributed by atoms with Gasteiger partial charge in [-0.1, -0.05) is 55.8 Å². The van der Waals surface area contributed by atoms with E-state index in [2.05, 4.69) is 23.0 Å². The van der Waals surface area contributed by atoms with E-state index < -0.39 is 0 Å². The topological polar surface area (TPSA) is 72.1 Å². The number of esters is 1. The highest BCUT2D eigenvalue weighted by Crippen LogP contribution is 2.26. The summed E-state index contributed by atoms with van der Waals surface area (Å²) in [5.41, 5.74) is 6.79. The average molecular weight is 427 g/mol. The second kappa shape index (κ2) is 9.60. The Morgan fingerprint density at radius 2 is 1.84 bits per heavy atom. The first-order chi connectivity index (χ1) is 15.6. The number of aldehydes is 1. The molecule has 162 valence electrons. The fraction of sp³-hybridized carbons (Fsp3) is 0.222. The number of aromatic nitrogens is 2. The molecule has 0 radical (unpaired) electrons. The van der Waals surface area contributed by atoms with Crippen molar-refractivity contribution in [3.05, 3.63) is 88.7 Å². The Morgan fingerprint density at radius 1 is 1.03 bits per heavy atom. The number of imidazole rings is 1. The molecule has 0 fully saturated rings. The van der Waals surface area contributed by atoms with E-state index in [1.165, 1.54) is 0 Å². The largest absolute Gasteiger partial charge is 0.457 e. The molecular formula is C27H26N2O3. The van der Waals surface area contributed by atoms with Gasteiger partial charge in [-0.25, -0.2) is 9.78 Å². The highest BCUT2D eigenvalue weighted by atomic mass is 16.5. The first-order valence-electron chi connectivity index (χ1n) is 10.9. The molecule has 5 heteroatoms. The van der Waals surface area contributed by atoms with Crippen molar-refractivity contribution in [3.8, 4) is 11.1 Å². The molecule has 5 nitrogen and oxygen atoms in total. The number of carbonyl (C=O) groups excluding carboxylic acids is 2. The number of hydrogen-bond acceptors (Lipinski definition) is 4. The molecule has 1 N–H and O–H groups in total. The molecule has 0 bridgehead atoms. The summed E-state index contributed by atoms with van der Waals surface area (Å²) in [6, 6.07) is 19.2. The van der Waals surface area contributed by atoms with Gasteiger partial charge in [0.1, 0.15) is 18.7 Å². The lowest BCUT2D eigenvalue weighted by atomic mass is 9.95. The molecule has 0 aliphatic carbocycles. The van der Waals surface area contributed by atoms with Gasteiger partial charge in [-0.2, -0.15) is 0 Å². The van der Waals surface area contributed by atoms with Crippen LogP contribution in [0.15, 0.2) is 60.7 Å². The van der Waals surface area contributed by atoms with Gasteiger partial charge in [0.05, 0.1) is 16.6 Å². The summed E-state index contributed by atoms with van der Waals surface area (Å²) < 4.78 is 5.70. The molecule has 1 heterocycles. The van der Waals surface area contributed by atoms with Crippen molar-refractivity contribution >= 4 is 23.3 Å². The van der Waals surface area contributed by atoms with E-state index in [9.17, 15) is 9.59 Å². The number of unbranched alkanes of at least 4 members (excludes halogenated alkanes) is 1. The number of aromatic amines is 1. The van der Waals surface area contributed by atoms with Crippen LogP contribution in [0.25, 0.3) is 22.2 Å². The lowest BCUT2D eigenvalue weighted by Gasteiger charge is -2.13. The molecule has 32 heavy (non-hydrogen) atoms. The van der Waals surface area contributed by atoms with Crippen molar-refractivity contribution in [2.45, 2.75) is 39.7 Å². The quantitative estimate of drug-likeness (QED) is 0.275. The zero-order chi connectivity index (χ0) is 22.5. The van der Waals surface area contributed by atoms with Crippen molar-refractivity contribution in [1.29, 1.82) is 0 Å². The molecule has 0 saturated carbocycles. The number of nitrogens with one attached hydrogen (secondary N) is 1. The number of rotatable bonds is 8. The highest BCUT2D eigenvalue weighted by Gasteiger charge is 2.15. The minimum Gasteiger partial charge on any atom is -0.457 e. The van der Waals surface area contributed by atoms with E-state index in [1.54, 1.807) is 12.1 Å². The minimum absolute atomic E-state index is 0.204. The Morgan fingerprint density at radius 3 is 2.66 bits per heavy atom. The summed E-state index contributed by atoms with van der Waals surface area (Å²) in [6.45, 7) is 4.22. The van der Waals surface area contributed by atoms with E-state index >= 15 is 0 Å². The molecule has 4 aromatic rings. The predicted molar refractivity (Wildman–Crippen MR) is 126 cm³/mol. The lowest BCUT2D eigenvalue weighted by Crippen LogP contribution is -2.07. The summed E-state index contributed by atoms with van der Waals surface area (Å²) in [5, 5.41) is 0. The van der Waals surface area contributed by atoms with Crippen LogP contribution in [0.4, 0.5) is 0 Å². The number of ether oxygens (including phenoxy) is 1. The summed E-state index contributed by atoms with van der Waals surface area (Å²) in [4.78, 5) is 31.5. The molecule has 1 aromatic heterocycles. The lowest BCUT2D eigenvalue weighted by molar-refractivity contribution is 0.0474. The van der Waals surface area contributed by atoms with Crippen molar-refractivity contribution < 1.29 is 14.3 Å². The van der Waals surface area contributed by atoms with Crippen LogP contribution in [-0.2, 0) is 17.8 Å². The molecule has 0 spiro atoms. The fourth-order valence-corrected chi connectivity index (χ4v) is 3.88. The summed E-state index contributed by atoms with van der Waals surface area (Å²) in [7, 11) is 0. The highest BCUT2D eigenvalue weighted by molar-refractivity contribution is 6.01. The van der Waals surface area contributed by atoms with Crippen molar-refractivity contribution in [2.75, 3.05) is 0 Å². The number of hydrogen-bond donors (Lipinski definition) is 1. The van der Waals surface area contributed by atoms with Crippen LogP contribution in [0.5, 0.6) is 0 Å². The molecule has 0 aliphatic rings. The molecular weight excluding hydrogens is 400 g/mol. The van der Waals surface area contributed by atoms with Gasteiger partial charge >= 0.3 is 5.97 Å². The van der Waals surface area contributed by atoms with Crippen LogP contribution in [0, 0.1) is 6.92 Å². The van der Waals surface area contributed by atoms with Gasteiger partial charge in [-0.05, 0) is 60.2 Å². The number of nitrogens with zero attached hydrogens (tertiary/aromatic N) is 1. The zero-order valence-electron chi connectivity index (χ0n) is 18.4. The number of aryl methyl sites for hydroxylation is 2. The van der Waals surface area contributed by atoms with Gasteiger partial charge in [0, 0.05) is 5.56 Å². The zero-order valence-corrected chi connectivity index (χ0v) is 18.4. The fourth-order valence-electron chi connectivity index (χ4n) is 3.88. The first-order valence-corrected chi connectivity index (χ1v) is 10.9. The normalized spacial score (nSPS) is 10.9. The Balaban J connectivity index is 1.58. The number of fused-ring (bicyclic) bond motifs is 1. The number of benzene rings is 3. The number of H-pyrrole nitrogens is 1. The van der Waals surface area contributed by atoms with Crippen LogP contribution in [0.2, 0.25) is 0 Å². The molecule has 4 rings (SSSR count). The minimum atomic E-state index is -0.372. The van der Waals surface area contributed by atoms with E-state index in [-0.39, 0.29) is 12.6 Å². The molecule has 0 aliphatic heterocycles. The molecule has 0 saturated heterocycles. The van der Waals surface area contributed by atoms with Gasteiger partial charge in [-0.15, -0.1) is 0 Å². The average Bonchev–Trinajstić information content (AvgIpc) is 3.21. The van der Waals surface area contributed by atoms with Crippen LogP contribution in [0.1, 0.15) is 57.4 Å². The summed E-state index contributed by atoms with van der Waals surface area (Å²) in [6.07, 6.45) is 3.88. The second-order valence-electron chi connectivity index (χ2n) is 7.93. The van der Waals surface area contributed by atoms with Crippen molar-refractivity contribution in [3.63, 3.8) is 0 Å². The Bertz CT molecular complexity index is 1270. The van der Waals surface area contributed by atoms with Crippen LogP contribution in [0.3, 0.4) is 0 Å². The van der Waals surface area contributed by atoms with Crippen LogP contribution >= 0.6 is 0 Å². The third-order valence-electron chi connectivity index (χ3n) is 5.58. The standard InChI is InChI=1S/C27H26N2O3/c1-3-4-8-21-15-22(20-9-5-7-19(14-20)16-30)12-13-23(21)17-32-27(31)24-10-6-11-25-26(24)29-18(2)28-25/h5-7,9-16H,3-4,8,17H2,1-2H3,(H,28,29). The van der Waals surface area contributed by atoms with E-state index in [0.717, 1.165) is 59.1 Å². The van der Waals surface area contributed by atoms with Gasteiger partial charge in [0.15, 0.2) is 0 Å². The maximum Gasteiger partial charge on any atom is 0.340 e. The summed E-state index contributed by atoms with van der Waals surface area (Å²) >= 11 is 0. The third kappa shape index (κ3) is 4.62. The SMILES string of the molecule is CCCCc1cc(-c2cccc(C=O)c2)ccc1COC(=O)c1cccc2nc(C)[nH]c12. The molecule has 3 aromatic carbocycles. The molecule has 0 unspecified atom stereocenters. The maximum absolute atomic E-state index is 12.8. The second-order valence-corrected chi connectivity index (χ2v) is 7.93. The van der Waals surface area contributed by atoms with E-state index in [0.29, 0.717) is 16.6 Å². The van der Waals surface area contributed by atoms with E-state index in [1.807, 2.05) is 49.4 Å². The van der Waals surface area contributed by atoms with Crippen molar-refractivity contribution in [2.24, 2.45) is 0 Å². The van der Waals surface area contributed by atoms with Crippen LogP contribution < -0.4 is 0 Å². The van der Waals surface area contributed by atoms with Crippen LogP contribution in [-0.4, -0.2) is 22.2 Å². The van der Waals surface area contributed by atoms with Gasteiger partial charge in [-0.3, -0.25) is 4.79 Å². The monoisotopic (exact) mass is 426 g/mol. The Hall–Kier alpha value is -3.73. The first kappa shape index (κ1) is 21.5. The van der Waals surface area contributed by atoms with Gasteiger partial charge in [0.2, 0.25) is 0 Å². The van der Waals surface area contributed by atoms with Crippen molar-refractivity contribution in [1.82, 2.24) is 9.97 Å². The predicted octanol–water partition coefficient (Wildman–Crippen LogP) is 6.05. The Kier molecular flexibility index (Phi) is 6.45. The summed E-state index contributed by atoms with van der Waals surface area (Å²) in [5.74, 6) is 0.389. The number of carbonyl (C=O) groups is 2. The Labute approximate surface area is 187 Å². The van der Waals surface area contributed by atoms with E-state index in [4.69, 9.17) is 4.74 Å².